The summed E-state index contributed by atoms with van der Waals surface area (Å²) in [5.41, 5.74) is 5.03. The normalized spacial score (nSPS) is 18.7. The van der Waals surface area contributed by atoms with E-state index in [1.54, 1.807) is 23.6 Å². The zero-order chi connectivity index (χ0) is 29.0. The van der Waals surface area contributed by atoms with Crippen molar-refractivity contribution in [1.82, 2.24) is 20.2 Å². The van der Waals surface area contributed by atoms with Gasteiger partial charge in [-0.15, -0.1) is 10.2 Å². The molecule has 2 heterocycles. The predicted octanol–water partition coefficient (Wildman–Crippen LogP) is 4.43. The molecule has 2 aromatic carbocycles. The summed E-state index contributed by atoms with van der Waals surface area (Å²) in [6, 6.07) is 15.3. The highest BCUT2D eigenvalue weighted by molar-refractivity contribution is 7.99. The second-order valence-corrected chi connectivity index (χ2v) is 11.0. The molecule has 4 rings (SSSR count). The van der Waals surface area contributed by atoms with Crippen LogP contribution >= 0.6 is 11.8 Å². The quantitative estimate of drug-likeness (QED) is 0.0936. The number of carbonyl (C=O) groups is 2. The van der Waals surface area contributed by atoms with Gasteiger partial charge in [-0.05, 0) is 36.1 Å². The molecule has 1 aliphatic heterocycles. The number of aromatic nitrogens is 3. The van der Waals surface area contributed by atoms with E-state index < -0.39 is 6.29 Å². The maximum atomic E-state index is 12.4. The summed E-state index contributed by atoms with van der Waals surface area (Å²) in [7, 11) is 1.91. The van der Waals surface area contributed by atoms with Crippen LogP contribution in [0, 0.1) is 0 Å². The first-order valence-corrected chi connectivity index (χ1v) is 14.7. The monoisotopic (exact) mass is 583 g/mol. The highest BCUT2D eigenvalue weighted by Gasteiger charge is 2.32. The van der Waals surface area contributed by atoms with Crippen LogP contribution in [0.2, 0.25) is 0 Å². The number of thioether (sulfide) groups is 1. The fourth-order valence-corrected chi connectivity index (χ4v) is 5.43. The van der Waals surface area contributed by atoms with E-state index in [1.807, 2.05) is 60.1 Å². The van der Waals surface area contributed by atoms with Crippen molar-refractivity contribution in [3.63, 3.8) is 0 Å². The molecule has 41 heavy (non-hydrogen) atoms. The Hall–Kier alpha value is -3.29. The Balaban J connectivity index is 1.33. The first-order valence-electron chi connectivity index (χ1n) is 13.8. The molecule has 0 aliphatic carbocycles. The standard InChI is InChI=1S/C29H37N5O6S/c1-34-19-30-32-29(34)41-18-24-16-25(21-10-8-20(17-35)9-11-21)40-28(39-24)22-12-14-23(15-13-22)31-26(36)6-4-2-3-5-7-27(37)33-38/h8-15,19,24-25,28,35,38H,2-7,16-18H2,1H3,(H,31,36)(H,33,37)/t24-,25+,28+/m1/s1. The largest absolute Gasteiger partial charge is 0.392 e. The van der Waals surface area contributed by atoms with Gasteiger partial charge in [0, 0.05) is 43.3 Å². The molecule has 1 aliphatic rings. The van der Waals surface area contributed by atoms with Crippen molar-refractivity contribution in [2.45, 2.75) is 75.2 Å². The Kier molecular flexibility index (Phi) is 11.7. The van der Waals surface area contributed by atoms with Crippen LogP contribution in [0.4, 0.5) is 5.69 Å². The molecule has 0 spiro atoms. The van der Waals surface area contributed by atoms with Gasteiger partial charge in [-0.3, -0.25) is 14.8 Å². The number of aliphatic hydroxyl groups excluding tert-OH is 1. The summed E-state index contributed by atoms with van der Waals surface area (Å²) in [6.45, 7) is -0.0110. The third kappa shape index (κ3) is 9.37. The minimum atomic E-state index is -0.589. The van der Waals surface area contributed by atoms with Crippen LogP contribution in [0.5, 0.6) is 0 Å². The number of aryl methyl sites for hydroxylation is 1. The smallest absolute Gasteiger partial charge is 0.243 e. The number of aliphatic hydroxyl groups is 1. The van der Waals surface area contributed by atoms with Gasteiger partial charge in [0.25, 0.3) is 0 Å². The van der Waals surface area contributed by atoms with Gasteiger partial charge in [-0.1, -0.05) is 61.0 Å². The van der Waals surface area contributed by atoms with Crippen LogP contribution in [0.3, 0.4) is 0 Å². The van der Waals surface area contributed by atoms with Gasteiger partial charge in [0.2, 0.25) is 11.8 Å². The third-order valence-corrected chi connectivity index (χ3v) is 8.00. The number of hydroxylamine groups is 1. The molecule has 0 saturated carbocycles. The fourth-order valence-electron chi connectivity index (χ4n) is 4.52. The average Bonchev–Trinajstić information content (AvgIpc) is 3.42. The van der Waals surface area contributed by atoms with Crippen LogP contribution in [0.25, 0.3) is 0 Å². The van der Waals surface area contributed by atoms with Gasteiger partial charge in [0.1, 0.15) is 6.33 Å². The maximum Gasteiger partial charge on any atom is 0.243 e. The van der Waals surface area contributed by atoms with E-state index in [0.29, 0.717) is 30.7 Å². The summed E-state index contributed by atoms with van der Waals surface area (Å²) < 4.78 is 14.6. The molecule has 0 bridgehead atoms. The Morgan fingerprint density at radius 1 is 0.976 bits per heavy atom. The third-order valence-electron chi connectivity index (χ3n) is 6.83. The van der Waals surface area contributed by atoms with Crippen LogP contribution < -0.4 is 10.8 Å². The van der Waals surface area contributed by atoms with Crippen molar-refractivity contribution in [3.05, 3.63) is 71.5 Å². The van der Waals surface area contributed by atoms with Crippen molar-refractivity contribution >= 4 is 29.3 Å². The fraction of sp³-hybridized carbons (Fsp3) is 0.448. The van der Waals surface area contributed by atoms with E-state index >= 15 is 0 Å². The van der Waals surface area contributed by atoms with Crippen molar-refractivity contribution in [1.29, 1.82) is 0 Å². The second kappa shape index (κ2) is 15.6. The summed E-state index contributed by atoms with van der Waals surface area (Å²) in [5.74, 6) is 0.225. The lowest BCUT2D eigenvalue weighted by Gasteiger charge is -2.36. The lowest BCUT2D eigenvalue weighted by atomic mass is 10.0. The molecule has 220 valence electrons. The molecule has 0 radical (unpaired) electrons. The number of unbranched alkanes of at least 4 members (excludes halogenated alkanes) is 3. The van der Waals surface area contributed by atoms with Gasteiger partial charge in [-0.2, -0.15) is 0 Å². The highest BCUT2D eigenvalue weighted by atomic mass is 32.2. The Bertz CT molecular complexity index is 1250. The van der Waals surface area contributed by atoms with Crippen molar-refractivity contribution in [2.75, 3.05) is 11.1 Å². The SMILES string of the molecule is Cn1cnnc1SC[C@H]1C[C@@H](c2ccc(CO)cc2)O[C@@H](c2ccc(NC(=O)CCCCCCC(=O)NO)cc2)O1. The summed E-state index contributed by atoms with van der Waals surface area (Å²) >= 11 is 1.58. The topological polar surface area (TPSA) is 148 Å². The van der Waals surface area contributed by atoms with Crippen LogP contribution in [-0.2, 0) is 32.7 Å². The maximum absolute atomic E-state index is 12.4. The number of benzene rings is 2. The van der Waals surface area contributed by atoms with Gasteiger partial charge < -0.3 is 24.5 Å². The van der Waals surface area contributed by atoms with Crippen LogP contribution in [-0.4, -0.2) is 48.7 Å². The molecular formula is C29H37N5O6S. The van der Waals surface area contributed by atoms with E-state index in [2.05, 4.69) is 15.5 Å². The van der Waals surface area contributed by atoms with E-state index in [1.165, 1.54) is 0 Å². The minimum absolute atomic E-state index is 0.0110. The Morgan fingerprint density at radius 3 is 2.29 bits per heavy atom. The first kappa shape index (κ1) is 30.7. The number of hydrogen-bond acceptors (Lipinski definition) is 9. The number of hydrogen-bond donors (Lipinski definition) is 4. The molecule has 4 N–H and O–H groups in total. The van der Waals surface area contributed by atoms with E-state index in [-0.39, 0.29) is 37.0 Å². The molecule has 3 atom stereocenters. The van der Waals surface area contributed by atoms with Gasteiger partial charge in [-0.25, -0.2) is 5.48 Å². The molecule has 11 nitrogen and oxygen atoms in total. The molecule has 12 heteroatoms. The zero-order valence-electron chi connectivity index (χ0n) is 23.1. The molecule has 3 aromatic rings. The number of carbonyl (C=O) groups excluding carboxylic acids is 2. The number of anilines is 1. The lowest BCUT2D eigenvalue weighted by Crippen LogP contribution is -2.31. The zero-order valence-corrected chi connectivity index (χ0v) is 23.9. The number of ether oxygens (including phenoxy) is 2. The summed E-state index contributed by atoms with van der Waals surface area (Å²) in [6.07, 6.45) is 5.19. The Labute approximate surface area is 243 Å². The van der Waals surface area contributed by atoms with Gasteiger partial charge >= 0.3 is 0 Å². The first-order chi connectivity index (χ1) is 19.9. The summed E-state index contributed by atoms with van der Waals surface area (Å²) in [4.78, 5) is 23.4. The van der Waals surface area contributed by atoms with Crippen molar-refractivity contribution in [2.24, 2.45) is 7.05 Å². The molecule has 2 amide bonds. The van der Waals surface area contributed by atoms with E-state index in [4.69, 9.17) is 14.7 Å². The molecule has 1 aromatic heterocycles. The molecule has 1 saturated heterocycles. The van der Waals surface area contributed by atoms with E-state index in [0.717, 1.165) is 41.1 Å². The number of nitrogens with one attached hydrogen (secondary N) is 2. The van der Waals surface area contributed by atoms with Crippen LogP contribution in [0.1, 0.15) is 74.0 Å². The number of nitrogens with zero attached hydrogens (tertiary/aromatic N) is 3. The summed E-state index contributed by atoms with van der Waals surface area (Å²) in [5, 5.41) is 29.8. The Morgan fingerprint density at radius 2 is 1.66 bits per heavy atom. The molecule has 1 fully saturated rings. The second-order valence-electron chi connectivity index (χ2n) is 10.0. The molecule has 0 unspecified atom stereocenters. The van der Waals surface area contributed by atoms with E-state index in [9.17, 15) is 14.7 Å². The van der Waals surface area contributed by atoms with Gasteiger partial charge in [0.15, 0.2) is 11.4 Å². The number of rotatable bonds is 14. The molecular weight excluding hydrogens is 546 g/mol. The van der Waals surface area contributed by atoms with Crippen LogP contribution in [0.15, 0.2) is 60.0 Å². The highest BCUT2D eigenvalue weighted by Crippen LogP contribution is 2.39. The lowest BCUT2D eigenvalue weighted by molar-refractivity contribution is -0.245. The van der Waals surface area contributed by atoms with Crippen molar-refractivity contribution in [3.8, 4) is 0 Å². The predicted molar refractivity (Wildman–Crippen MR) is 153 cm³/mol. The minimum Gasteiger partial charge on any atom is -0.392 e. The number of amides is 2. The van der Waals surface area contributed by atoms with Crippen molar-refractivity contribution < 1.29 is 29.4 Å². The van der Waals surface area contributed by atoms with Gasteiger partial charge in [0.05, 0.1) is 18.8 Å². The average molecular weight is 584 g/mol.